The summed E-state index contributed by atoms with van der Waals surface area (Å²) >= 11 is 0. The fourth-order valence-corrected chi connectivity index (χ4v) is 2.85. The van der Waals surface area contributed by atoms with Gasteiger partial charge < -0.3 is 10.1 Å². The largest absolute Gasteiger partial charge is 0.497 e. The molecule has 1 aromatic rings. The van der Waals surface area contributed by atoms with Gasteiger partial charge in [0.15, 0.2) is 0 Å². The molecule has 1 fully saturated rings. The molecule has 0 bridgehead atoms. The highest BCUT2D eigenvalue weighted by atomic mass is 19.4. The molecule has 0 aliphatic heterocycles. The SMILES string of the molecule is CC1(C)CCC(F)(F)C1.CCC.CCCCCNCC.COc1ccc(C(F)(F)F)cc1. The van der Waals surface area contributed by atoms with Crippen molar-refractivity contribution in [2.45, 2.75) is 98.6 Å². The van der Waals surface area contributed by atoms with Crippen molar-refractivity contribution in [1.82, 2.24) is 5.32 Å². The average Bonchev–Trinajstić information content (AvgIpc) is 2.97. The molecule has 1 aliphatic carbocycles. The standard InChI is InChI=1S/C8H7F3O.C7H12F2.C7H17N.C3H8/c1-12-7-4-2-6(3-5-7)8(9,10)11;1-6(2)3-4-7(8,9)5-6;1-3-5-6-7-8-4-2;1-3-2/h2-5H,1H3;3-5H2,1-2H3;8H,3-7H2,1-2H3;3H2,1-2H3. The Morgan fingerprint density at radius 1 is 0.938 bits per heavy atom. The zero-order chi connectivity index (χ0) is 25.3. The monoisotopic (exact) mass is 469 g/mol. The van der Waals surface area contributed by atoms with Crippen molar-refractivity contribution >= 4 is 0 Å². The highest BCUT2D eigenvalue weighted by molar-refractivity contribution is 5.28. The summed E-state index contributed by atoms with van der Waals surface area (Å²) in [5, 5.41) is 3.28. The Kier molecular flexibility index (Phi) is 17.6. The lowest BCUT2D eigenvalue weighted by Crippen LogP contribution is -2.13. The van der Waals surface area contributed by atoms with Gasteiger partial charge in [0.1, 0.15) is 5.75 Å². The number of methoxy groups -OCH3 is 1. The molecular weight excluding hydrogens is 425 g/mol. The second kappa shape index (κ2) is 17.2. The zero-order valence-corrected chi connectivity index (χ0v) is 21.0. The van der Waals surface area contributed by atoms with Crippen LogP contribution in [0.4, 0.5) is 22.0 Å². The van der Waals surface area contributed by atoms with E-state index in [1.54, 1.807) is 0 Å². The molecule has 1 N–H and O–H groups in total. The Bertz CT molecular complexity index is 536. The minimum Gasteiger partial charge on any atom is -0.497 e. The van der Waals surface area contributed by atoms with E-state index in [-0.39, 0.29) is 18.3 Å². The van der Waals surface area contributed by atoms with Crippen LogP contribution >= 0.6 is 0 Å². The fourth-order valence-electron chi connectivity index (χ4n) is 2.85. The van der Waals surface area contributed by atoms with Crippen LogP contribution in [0.15, 0.2) is 24.3 Å². The van der Waals surface area contributed by atoms with Crippen LogP contribution in [0.25, 0.3) is 0 Å². The molecule has 0 unspecified atom stereocenters. The van der Waals surface area contributed by atoms with E-state index in [4.69, 9.17) is 4.74 Å². The van der Waals surface area contributed by atoms with Gasteiger partial charge in [-0.1, -0.05) is 60.8 Å². The predicted octanol–water partition coefficient (Wildman–Crippen LogP) is 8.75. The van der Waals surface area contributed by atoms with Gasteiger partial charge >= 0.3 is 6.18 Å². The van der Waals surface area contributed by atoms with Crippen LogP contribution < -0.4 is 10.1 Å². The summed E-state index contributed by atoms with van der Waals surface area (Å²) in [6.07, 6.45) is 1.83. The zero-order valence-electron chi connectivity index (χ0n) is 21.0. The van der Waals surface area contributed by atoms with Crippen LogP contribution in [-0.2, 0) is 6.18 Å². The molecule has 0 atom stereocenters. The average molecular weight is 470 g/mol. The number of unbranched alkanes of at least 4 members (excludes halogenated alkanes) is 2. The van der Waals surface area contributed by atoms with Gasteiger partial charge in [-0.2, -0.15) is 13.2 Å². The van der Waals surface area contributed by atoms with E-state index in [0.717, 1.165) is 18.7 Å². The van der Waals surface area contributed by atoms with Gasteiger partial charge in [-0.15, -0.1) is 0 Å². The molecule has 32 heavy (non-hydrogen) atoms. The van der Waals surface area contributed by atoms with Crippen LogP contribution in [-0.4, -0.2) is 26.1 Å². The van der Waals surface area contributed by atoms with Gasteiger partial charge in [-0.05, 0) is 55.6 Å². The molecule has 0 amide bonds. The Morgan fingerprint density at radius 2 is 1.47 bits per heavy atom. The quantitative estimate of drug-likeness (QED) is 0.332. The first-order valence-electron chi connectivity index (χ1n) is 11.6. The molecule has 2 nitrogen and oxygen atoms in total. The molecule has 190 valence electrons. The minimum atomic E-state index is -4.27. The summed E-state index contributed by atoms with van der Waals surface area (Å²) in [6.45, 7) is 14.7. The third-order valence-corrected chi connectivity index (χ3v) is 4.53. The Hall–Kier alpha value is -1.37. The second-order valence-corrected chi connectivity index (χ2v) is 8.69. The van der Waals surface area contributed by atoms with Crippen molar-refractivity contribution in [2.24, 2.45) is 5.41 Å². The summed E-state index contributed by atoms with van der Waals surface area (Å²) in [5.41, 5.74) is -0.785. The van der Waals surface area contributed by atoms with E-state index < -0.39 is 17.7 Å². The molecule has 1 aliphatic rings. The number of rotatable bonds is 6. The van der Waals surface area contributed by atoms with Crippen molar-refractivity contribution in [3.05, 3.63) is 29.8 Å². The normalized spacial score (nSPS) is 15.9. The number of ether oxygens (including phenoxy) is 1. The van der Waals surface area contributed by atoms with Crippen LogP contribution in [0.1, 0.15) is 92.1 Å². The van der Waals surface area contributed by atoms with Crippen LogP contribution in [0.3, 0.4) is 0 Å². The Morgan fingerprint density at radius 3 is 1.75 bits per heavy atom. The third kappa shape index (κ3) is 18.2. The van der Waals surface area contributed by atoms with Gasteiger partial charge in [0, 0.05) is 12.8 Å². The molecular formula is C25H44F5NO. The molecule has 0 aromatic heterocycles. The van der Waals surface area contributed by atoms with Gasteiger partial charge in [0.25, 0.3) is 0 Å². The van der Waals surface area contributed by atoms with E-state index >= 15 is 0 Å². The Balaban J connectivity index is 0. The van der Waals surface area contributed by atoms with E-state index in [2.05, 4.69) is 33.0 Å². The van der Waals surface area contributed by atoms with E-state index in [0.29, 0.717) is 12.2 Å². The molecule has 2 rings (SSSR count). The summed E-state index contributed by atoms with van der Waals surface area (Å²) in [5.74, 6) is -1.95. The number of halogens is 5. The summed E-state index contributed by atoms with van der Waals surface area (Å²) < 4.78 is 65.5. The van der Waals surface area contributed by atoms with E-state index in [9.17, 15) is 22.0 Å². The Labute approximate surface area is 192 Å². The summed E-state index contributed by atoms with van der Waals surface area (Å²) in [4.78, 5) is 0. The summed E-state index contributed by atoms with van der Waals surface area (Å²) in [7, 11) is 1.41. The maximum absolute atomic E-state index is 12.4. The van der Waals surface area contributed by atoms with Gasteiger partial charge in [-0.3, -0.25) is 0 Å². The lowest BCUT2D eigenvalue weighted by molar-refractivity contribution is -0.137. The molecule has 0 saturated heterocycles. The first-order chi connectivity index (χ1) is 14.8. The number of hydrogen-bond acceptors (Lipinski definition) is 2. The number of alkyl halides is 5. The maximum Gasteiger partial charge on any atom is 0.416 e. The van der Waals surface area contributed by atoms with Crippen molar-refractivity contribution in [2.75, 3.05) is 20.2 Å². The highest BCUT2D eigenvalue weighted by Gasteiger charge is 2.43. The molecule has 0 spiro atoms. The van der Waals surface area contributed by atoms with Crippen LogP contribution in [0.5, 0.6) is 5.75 Å². The lowest BCUT2D eigenvalue weighted by Gasteiger charge is -2.15. The molecule has 1 saturated carbocycles. The smallest absolute Gasteiger partial charge is 0.416 e. The summed E-state index contributed by atoms with van der Waals surface area (Å²) in [6, 6.07) is 4.53. The number of nitrogens with one attached hydrogen (secondary N) is 1. The van der Waals surface area contributed by atoms with Crippen molar-refractivity contribution < 1.29 is 26.7 Å². The highest BCUT2D eigenvalue weighted by Crippen LogP contribution is 2.46. The third-order valence-electron chi connectivity index (χ3n) is 4.53. The van der Waals surface area contributed by atoms with Crippen LogP contribution in [0.2, 0.25) is 0 Å². The number of benzene rings is 1. The fraction of sp³-hybridized carbons (Fsp3) is 0.760. The predicted molar refractivity (Wildman–Crippen MR) is 125 cm³/mol. The minimum absolute atomic E-state index is 0.0694. The topological polar surface area (TPSA) is 21.3 Å². The van der Waals surface area contributed by atoms with Gasteiger partial charge in [-0.25, -0.2) is 8.78 Å². The van der Waals surface area contributed by atoms with Crippen molar-refractivity contribution in [1.29, 1.82) is 0 Å². The maximum atomic E-state index is 12.4. The van der Waals surface area contributed by atoms with Gasteiger partial charge in [0.2, 0.25) is 5.92 Å². The first kappa shape index (κ1) is 32.8. The molecule has 0 heterocycles. The van der Waals surface area contributed by atoms with Crippen molar-refractivity contribution in [3.8, 4) is 5.75 Å². The van der Waals surface area contributed by atoms with Crippen LogP contribution in [0, 0.1) is 5.41 Å². The molecule has 0 radical (unpaired) electrons. The lowest BCUT2D eigenvalue weighted by atomic mass is 9.92. The molecule has 1 aromatic carbocycles. The van der Waals surface area contributed by atoms with E-state index in [1.165, 1.54) is 51.5 Å². The first-order valence-corrected chi connectivity index (χ1v) is 11.6. The van der Waals surface area contributed by atoms with Gasteiger partial charge in [0.05, 0.1) is 12.7 Å². The number of hydrogen-bond donors (Lipinski definition) is 1. The van der Waals surface area contributed by atoms with Crippen molar-refractivity contribution in [3.63, 3.8) is 0 Å². The second-order valence-electron chi connectivity index (χ2n) is 8.69. The molecule has 7 heteroatoms. The van der Waals surface area contributed by atoms with E-state index in [1.807, 2.05) is 13.8 Å².